The van der Waals surface area contributed by atoms with Crippen molar-refractivity contribution in [2.75, 3.05) is 0 Å². The van der Waals surface area contributed by atoms with Gasteiger partial charge in [0.2, 0.25) is 0 Å². The summed E-state index contributed by atoms with van der Waals surface area (Å²) in [6.45, 7) is 0. The maximum atomic E-state index is 2.37. The van der Waals surface area contributed by atoms with Gasteiger partial charge in [0.15, 0.2) is 0 Å². The lowest BCUT2D eigenvalue weighted by Gasteiger charge is -2.13. The SMILES string of the molecule is c1ccc2c(c1)Cc1c-2ccc2c1Cc1c-2ccc2c1c1ccccc1n1cccc21. The maximum absolute atomic E-state index is 2.37. The van der Waals surface area contributed by atoms with E-state index in [-0.39, 0.29) is 0 Å². The second-order valence-electron chi connectivity index (χ2n) is 8.92. The summed E-state index contributed by atoms with van der Waals surface area (Å²) in [6, 6.07) is 31.6. The molecule has 2 aromatic heterocycles. The van der Waals surface area contributed by atoms with Gasteiger partial charge < -0.3 is 4.40 Å². The molecule has 31 heavy (non-hydrogen) atoms. The Hall–Kier alpha value is -3.84. The summed E-state index contributed by atoms with van der Waals surface area (Å²) in [6.07, 6.45) is 4.27. The standard InChI is InChI=1S/C30H19N/c1-2-7-19-18(6-1)16-25-20(19)11-12-21-22-13-14-24-29-10-5-15-31(29)28-9-4-3-8-23(28)30(24)27(22)17-26(21)25/h1-15H,16-17H2. The number of fused-ring (bicyclic) bond motifs is 14. The third kappa shape index (κ3) is 1.88. The smallest absolute Gasteiger partial charge is 0.0535 e. The summed E-state index contributed by atoms with van der Waals surface area (Å²) in [7, 11) is 0. The van der Waals surface area contributed by atoms with E-state index in [0.717, 1.165) is 12.8 Å². The zero-order chi connectivity index (χ0) is 20.1. The van der Waals surface area contributed by atoms with Crippen LogP contribution in [0.4, 0.5) is 0 Å². The van der Waals surface area contributed by atoms with Crippen molar-refractivity contribution in [1.29, 1.82) is 0 Å². The van der Waals surface area contributed by atoms with E-state index in [4.69, 9.17) is 0 Å². The summed E-state index contributed by atoms with van der Waals surface area (Å²) < 4.78 is 2.33. The maximum Gasteiger partial charge on any atom is 0.0535 e. The Labute approximate surface area is 180 Å². The highest BCUT2D eigenvalue weighted by Crippen LogP contribution is 2.49. The van der Waals surface area contributed by atoms with Gasteiger partial charge in [0, 0.05) is 17.0 Å². The van der Waals surface area contributed by atoms with Gasteiger partial charge in [-0.25, -0.2) is 0 Å². The van der Waals surface area contributed by atoms with E-state index >= 15 is 0 Å². The largest absolute Gasteiger partial charge is 0.316 e. The van der Waals surface area contributed by atoms with Crippen molar-refractivity contribution in [3.63, 3.8) is 0 Å². The minimum absolute atomic E-state index is 1.03. The molecule has 1 heteroatoms. The van der Waals surface area contributed by atoms with Gasteiger partial charge in [-0.3, -0.25) is 0 Å². The number of hydrogen-bond acceptors (Lipinski definition) is 0. The van der Waals surface area contributed by atoms with Gasteiger partial charge in [-0.05, 0) is 80.9 Å². The number of rotatable bonds is 0. The van der Waals surface area contributed by atoms with E-state index in [9.17, 15) is 0 Å². The highest BCUT2D eigenvalue weighted by molar-refractivity contribution is 6.16. The predicted molar refractivity (Wildman–Crippen MR) is 129 cm³/mol. The molecular formula is C30H19N. The number of hydrogen-bond donors (Lipinski definition) is 0. The van der Waals surface area contributed by atoms with Crippen molar-refractivity contribution < 1.29 is 0 Å². The van der Waals surface area contributed by atoms with Crippen LogP contribution >= 0.6 is 0 Å². The van der Waals surface area contributed by atoms with E-state index < -0.39 is 0 Å². The Morgan fingerprint density at radius 3 is 2.06 bits per heavy atom. The molecule has 0 spiro atoms. The Balaban J connectivity index is 1.47. The lowest BCUT2D eigenvalue weighted by Crippen LogP contribution is -1.93. The van der Waals surface area contributed by atoms with Crippen LogP contribution in [0, 0.1) is 0 Å². The lowest BCUT2D eigenvalue weighted by molar-refractivity contribution is 1.17. The molecule has 4 aromatic carbocycles. The quantitative estimate of drug-likeness (QED) is 0.237. The van der Waals surface area contributed by atoms with Crippen LogP contribution in [0.2, 0.25) is 0 Å². The summed E-state index contributed by atoms with van der Waals surface area (Å²) in [5, 5.41) is 4.14. The van der Waals surface area contributed by atoms with Crippen molar-refractivity contribution in [2.45, 2.75) is 12.8 Å². The monoisotopic (exact) mass is 393 g/mol. The number of nitrogens with zero attached hydrogens (tertiary/aromatic N) is 1. The van der Waals surface area contributed by atoms with E-state index in [0.29, 0.717) is 0 Å². The third-order valence-electron chi connectivity index (χ3n) is 7.52. The van der Waals surface area contributed by atoms with Gasteiger partial charge in [0.05, 0.1) is 11.0 Å². The molecule has 0 radical (unpaired) electrons. The molecule has 1 nitrogen and oxygen atoms in total. The zero-order valence-electron chi connectivity index (χ0n) is 17.0. The lowest BCUT2D eigenvalue weighted by atomic mass is 9.96. The van der Waals surface area contributed by atoms with E-state index in [1.807, 2.05) is 0 Å². The topological polar surface area (TPSA) is 4.41 Å². The molecule has 2 heterocycles. The molecule has 0 atom stereocenters. The van der Waals surface area contributed by atoms with Crippen molar-refractivity contribution in [2.24, 2.45) is 0 Å². The van der Waals surface area contributed by atoms with Crippen molar-refractivity contribution >= 4 is 27.2 Å². The molecule has 0 aliphatic heterocycles. The molecule has 0 unspecified atom stereocenters. The summed E-state index contributed by atoms with van der Waals surface area (Å²) in [5.74, 6) is 0. The molecule has 2 aliphatic rings. The summed E-state index contributed by atoms with van der Waals surface area (Å²) >= 11 is 0. The number of para-hydroxylation sites is 1. The second-order valence-corrected chi connectivity index (χ2v) is 8.92. The van der Waals surface area contributed by atoms with Gasteiger partial charge in [0.1, 0.15) is 0 Å². The van der Waals surface area contributed by atoms with Crippen LogP contribution in [0.15, 0.2) is 91.1 Å². The molecule has 0 amide bonds. The Kier molecular flexibility index (Phi) is 2.80. The van der Waals surface area contributed by atoms with Gasteiger partial charge in [-0.2, -0.15) is 0 Å². The minimum atomic E-state index is 1.03. The van der Waals surface area contributed by atoms with Gasteiger partial charge >= 0.3 is 0 Å². The van der Waals surface area contributed by atoms with Crippen LogP contribution in [0.3, 0.4) is 0 Å². The van der Waals surface area contributed by atoms with Crippen LogP contribution in [0.5, 0.6) is 0 Å². The van der Waals surface area contributed by atoms with E-state index in [1.165, 1.54) is 71.7 Å². The number of pyridine rings is 1. The van der Waals surface area contributed by atoms with E-state index in [1.54, 1.807) is 0 Å². The number of aromatic nitrogens is 1. The van der Waals surface area contributed by atoms with Crippen molar-refractivity contribution in [3.8, 4) is 22.3 Å². The average Bonchev–Trinajstić information content (AvgIpc) is 3.53. The normalized spacial score (nSPS) is 13.5. The molecule has 0 saturated carbocycles. The molecule has 6 aromatic rings. The summed E-state index contributed by atoms with van der Waals surface area (Å²) in [4.78, 5) is 0. The third-order valence-corrected chi connectivity index (χ3v) is 7.52. The highest BCUT2D eigenvalue weighted by atomic mass is 14.9. The molecule has 144 valence electrons. The molecule has 0 bridgehead atoms. The molecule has 8 rings (SSSR count). The van der Waals surface area contributed by atoms with Crippen molar-refractivity contribution in [3.05, 3.63) is 113 Å². The fourth-order valence-corrected chi connectivity index (χ4v) is 6.22. The zero-order valence-corrected chi connectivity index (χ0v) is 17.0. The van der Waals surface area contributed by atoms with Crippen molar-refractivity contribution in [1.82, 2.24) is 4.40 Å². The summed E-state index contributed by atoms with van der Waals surface area (Å²) in [5.41, 5.74) is 14.3. The molecule has 0 fully saturated rings. The first-order valence-electron chi connectivity index (χ1n) is 11.1. The second kappa shape index (κ2) is 5.44. The minimum Gasteiger partial charge on any atom is -0.316 e. The molecule has 0 N–H and O–H groups in total. The Bertz CT molecular complexity index is 1730. The van der Waals surface area contributed by atoms with Crippen LogP contribution in [0.25, 0.3) is 49.4 Å². The Morgan fingerprint density at radius 1 is 0.484 bits per heavy atom. The van der Waals surface area contributed by atoms with Crippen LogP contribution in [0.1, 0.15) is 22.3 Å². The van der Waals surface area contributed by atoms with Crippen LogP contribution in [-0.4, -0.2) is 4.40 Å². The first-order valence-corrected chi connectivity index (χ1v) is 11.1. The van der Waals surface area contributed by atoms with E-state index in [2.05, 4.69) is 95.5 Å². The predicted octanol–water partition coefficient (Wildman–Crippen LogP) is 7.39. The fraction of sp³-hybridized carbons (Fsp3) is 0.0667. The first-order chi connectivity index (χ1) is 15.4. The average molecular weight is 393 g/mol. The molecule has 0 saturated heterocycles. The Morgan fingerprint density at radius 2 is 1.13 bits per heavy atom. The molecule has 2 aliphatic carbocycles. The van der Waals surface area contributed by atoms with Crippen LogP contribution in [-0.2, 0) is 12.8 Å². The van der Waals surface area contributed by atoms with Gasteiger partial charge in [-0.15, -0.1) is 0 Å². The first kappa shape index (κ1) is 15.9. The molecular weight excluding hydrogens is 374 g/mol. The van der Waals surface area contributed by atoms with Gasteiger partial charge in [-0.1, -0.05) is 66.7 Å². The highest BCUT2D eigenvalue weighted by Gasteiger charge is 2.29. The van der Waals surface area contributed by atoms with Gasteiger partial charge in [0.25, 0.3) is 0 Å². The number of benzene rings is 4. The fourth-order valence-electron chi connectivity index (χ4n) is 6.22. The van der Waals surface area contributed by atoms with Crippen LogP contribution < -0.4 is 0 Å².